The highest BCUT2D eigenvalue weighted by Gasteiger charge is 2.29. The van der Waals surface area contributed by atoms with Gasteiger partial charge in [-0.05, 0) is 38.8 Å². The molecule has 1 aliphatic rings. The summed E-state index contributed by atoms with van der Waals surface area (Å²) in [5.41, 5.74) is 0.953. The van der Waals surface area contributed by atoms with Gasteiger partial charge >= 0.3 is 0 Å². The molecule has 1 unspecified atom stereocenters. The van der Waals surface area contributed by atoms with Crippen LogP contribution in [-0.4, -0.2) is 47.0 Å². The van der Waals surface area contributed by atoms with Gasteiger partial charge in [-0.3, -0.25) is 4.79 Å². The number of piperidine rings is 1. The predicted molar refractivity (Wildman–Crippen MR) is 92.4 cm³/mol. The second-order valence-corrected chi connectivity index (χ2v) is 6.01. The van der Waals surface area contributed by atoms with E-state index in [4.69, 9.17) is 0 Å². The summed E-state index contributed by atoms with van der Waals surface area (Å²) in [6.45, 7) is 7.34. The van der Waals surface area contributed by atoms with E-state index >= 15 is 0 Å². The number of amides is 1. The van der Waals surface area contributed by atoms with Crippen LogP contribution >= 0.6 is 0 Å². The molecule has 1 saturated heterocycles. The molecule has 0 spiro atoms. The zero-order valence-corrected chi connectivity index (χ0v) is 13.9. The molecule has 1 aromatic carbocycles. The quantitative estimate of drug-likeness (QED) is 0.871. The molecule has 5 nitrogen and oxygen atoms in total. The first-order valence-corrected chi connectivity index (χ1v) is 8.48. The SMILES string of the molecule is CCN(CC)C(=O)C1CCCN(c2ncnc3ccccc23)C1. The lowest BCUT2D eigenvalue weighted by Gasteiger charge is -2.35. The summed E-state index contributed by atoms with van der Waals surface area (Å²) in [6, 6.07) is 8.06. The van der Waals surface area contributed by atoms with Crippen molar-refractivity contribution in [3.8, 4) is 0 Å². The molecule has 1 amide bonds. The molecule has 2 heterocycles. The fourth-order valence-electron chi connectivity index (χ4n) is 3.41. The van der Waals surface area contributed by atoms with Crippen molar-refractivity contribution in [3.05, 3.63) is 30.6 Å². The molecule has 122 valence electrons. The Morgan fingerprint density at radius 1 is 1.26 bits per heavy atom. The third kappa shape index (κ3) is 3.14. The van der Waals surface area contributed by atoms with Crippen LogP contribution in [0.5, 0.6) is 0 Å². The van der Waals surface area contributed by atoms with Crippen molar-refractivity contribution in [2.45, 2.75) is 26.7 Å². The van der Waals surface area contributed by atoms with E-state index in [0.717, 1.165) is 55.7 Å². The number of carbonyl (C=O) groups is 1. The molecule has 0 aliphatic carbocycles. The fraction of sp³-hybridized carbons (Fsp3) is 0.500. The number of benzene rings is 1. The summed E-state index contributed by atoms with van der Waals surface area (Å²) in [5.74, 6) is 1.29. The van der Waals surface area contributed by atoms with Crippen LogP contribution in [0, 0.1) is 5.92 Å². The summed E-state index contributed by atoms with van der Waals surface area (Å²) in [5, 5.41) is 1.06. The lowest BCUT2D eigenvalue weighted by Crippen LogP contribution is -2.45. The van der Waals surface area contributed by atoms with Crippen LogP contribution in [0.15, 0.2) is 30.6 Å². The molecule has 1 atom stereocenters. The van der Waals surface area contributed by atoms with Crippen molar-refractivity contribution in [1.29, 1.82) is 0 Å². The third-order valence-electron chi connectivity index (χ3n) is 4.67. The molecule has 0 N–H and O–H groups in total. The number of aromatic nitrogens is 2. The number of fused-ring (bicyclic) bond motifs is 1. The van der Waals surface area contributed by atoms with Crippen LogP contribution in [0.3, 0.4) is 0 Å². The standard InChI is InChI=1S/C18H24N4O/c1-3-21(4-2)18(23)14-8-7-11-22(12-14)17-15-9-5-6-10-16(15)19-13-20-17/h5-6,9-10,13-14H,3-4,7-8,11-12H2,1-2H3. The monoisotopic (exact) mass is 312 g/mol. The largest absolute Gasteiger partial charge is 0.355 e. The molecule has 0 radical (unpaired) electrons. The summed E-state index contributed by atoms with van der Waals surface area (Å²) >= 11 is 0. The Hall–Kier alpha value is -2.17. The van der Waals surface area contributed by atoms with Gasteiger partial charge in [0.1, 0.15) is 12.1 Å². The molecule has 3 rings (SSSR count). The molecular weight excluding hydrogens is 288 g/mol. The summed E-state index contributed by atoms with van der Waals surface area (Å²) in [6.07, 6.45) is 3.61. The first kappa shape index (κ1) is 15.7. The van der Waals surface area contributed by atoms with Crippen LogP contribution in [0.2, 0.25) is 0 Å². The van der Waals surface area contributed by atoms with Gasteiger partial charge in [0.15, 0.2) is 0 Å². The van der Waals surface area contributed by atoms with Crippen molar-refractivity contribution < 1.29 is 4.79 Å². The van der Waals surface area contributed by atoms with E-state index in [1.165, 1.54) is 0 Å². The number of para-hydroxylation sites is 1. The average Bonchev–Trinajstić information content (AvgIpc) is 2.62. The maximum Gasteiger partial charge on any atom is 0.227 e. The maximum absolute atomic E-state index is 12.7. The van der Waals surface area contributed by atoms with E-state index in [0.29, 0.717) is 0 Å². The van der Waals surface area contributed by atoms with Gasteiger partial charge in [0.25, 0.3) is 0 Å². The second kappa shape index (κ2) is 6.94. The second-order valence-electron chi connectivity index (χ2n) is 6.01. The fourth-order valence-corrected chi connectivity index (χ4v) is 3.41. The van der Waals surface area contributed by atoms with Crippen molar-refractivity contribution in [3.63, 3.8) is 0 Å². The Morgan fingerprint density at radius 2 is 2.04 bits per heavy atom. The van der Waals surface area contributed by atoms with E-state index in [1.807, 2.05) is 36.9 Å². The lowest BCUT2D eigenvalue weighted by atomic mass is 9.96. The molecule has 2 aromatic rings. The molecule has 23 heavy (non-hydrogen) atoms. The number of anilines is 1. The minimum absolute atomic E-state index is 0.0670. The first-order chi connectivity index (χ1) is 11.2. The Morgan fingerprint density at radius 3 is 2.83 bits per heavy atom. The molecule has 1 aliphatic heterocycles. The van der Waals surface area contributed by atoms with Crippen molar-refractivity contribution >= 4 is 22.6 Å². The first-order valence-electron chi connectivity index (χ1n) is 8.48. The van der Waals surface area contributed by atoms with Gasteiger partial charge in [0.2, 0.25) is 5.91 Å². The van der Waals surface area contributed by atoms with Crippen LogP contribution in [0.4, 0.5) is 5.82 Å². The number of nitrogens with zero attached hydrogens (tertiary/aromatic N) is 4. The van der Waals surface area contributed by atoms with Gasteiger partial charge in [-0.2, -0.15) is 0 Å². The highest BCUT2D eigenvalue weighted by Crippen LogP contribution is 2.28. The van der Waals surface area contributed by atoms with Crippen molar-refractivity contribution in [1.82, 2.24) is 14.9 Å². The van der Waals surface area contributed by atoms with Crippen LogP contribution in [0.25, 0.3) is 10.9 Å². The zero-order valence-electron chi connectivity index (χ0n) is 13.9. The number of hydrogen-bond donors (Lipinski definition) is 0. The Labute approximate surface area is 137 Å². The van der Waals surface area contributed by atoms with Crippen LogP contribution < -0.4 is 4.90 Å². The van der Waals surface area contributed by atoms with Crippen LogP contribution in [0.1, 0.15) is 26.7 Å². The molecule has 1 aromatic heterocycles. The van der Waals surface area contributed by atoms with Crippen molar-refractivity contribution in [2.75, 3.05) is 31.1 Å². The zero-order chi connectivity index (χ0) is 16.2. The molecule has 1 fully saturated rings. The Bertz CT molecular complexity index is 678. The van der Waals surface area contributed by atoms with E-state index in [-0.39, 0.29) is 11.8 Å². The minimum Gasteiger partial charge on any atom is -0.355 e. The summed E-state index contributed by atoms with van der Waals surface area (Å²) < 4.78 is 0. The normalized spacial score (nSPS) is 18.2. The maximum atomic E-state index is 12.7. The molecular formula is C18H24N4O. The number of hydrogen-bond acceptors (Lipinski definition) is 4. The van der Waals surface area contributed by atoms with Gasteiger partial charge in [-0.15, -0.1) is 0 Å². The lowest BCUT2D eigenvalue weighted by molar-refractivity contribution is -0.135. The van der Waals surface area contributed by atoms with Gasteiger partial charge in [0, 0.05) is 31.6 Å². The van der Waals surface area contributed by atoms with Gasteiger partial charge in [0.05, 0.1) is 11.4 Å². The van der Waals surface area contributed by atoms with Gasteiger partial charge in [-0.1, -0.05) is 12.1 Å². The van der Waals surface area contributed by atoms with Gasteiger partial charge in [-0.25, -0.2) is 9.97 Å². The van der Waals surface area contributed by atoms with E-state index in [1.54, 1.807) is 6.33 Å². The Kier molecular flexibility index (Phi) is 4.74. The Balaban J connectivity index is 1.84. The van der Waals surface area contributed by atoms with Gasteiger partial charge < -0.3 is 9.80 Å². The van der Waals surface area contributed by atoms with Crippen LogP contribution in [-0.2, 0) is 4.79 Å². The predicted octanol–water partition coefficient (Wildman–Crippen LogP) is 2.71. The van der Waals surface area contributed by atoms with Crippen molar-refractivity contribution in [2.24, 2.45) is 5.92 Å². The smallest absolute Gasteiger partial charge is 0.227 e. The summed E-state index contributed by atoms with van der Waals surface area (Å²) in [7, 11) is 0. The van der Waals surface area contributed by atoms with E-state index in [2.05, 4.69) is 20.9 Å². The molecule has 0 bridgehead atoms. The average molecular weight is 312 g/mol. The topological polar surface area (TPSA) is 49.3 Å². The number of rotatable bonds is 4. The summed E-state index contributed by atoms with van der Waals surface area (Å²) in [4.78, 5) is 25.7. The highest BCUT2D eigenvalue weighted by atomic mass is 16.2. The van der Waals surface area contributed by atoms with E-state index in [9.17, 15) is 4.79 Å². The molecule has 5 heteroatoms. The molecule has 0 saturated carbocycles. The third-order valence-corrected chi connectivity index (χ3v) is 4.67. The number of carbonyl (C=O) groups excluding carboxylic acids is 1. The highest BCUT2D eigenvalue weighted by molar-refractivity contribution is 5.89. The van der Waals surface area contributed by atoms with E-state index < -0.39 is 0 Å². The minimum atomic E-state index is 0.0670.